The number of carbonyl (C=O) groups is 2. The number of rotatable bonds is 2. The van der Waals surface area contributed by atoms with E-state index in [1.54, 1.807) is 7.05 Å². The molecule has 5 heteroatoms. The number of halogens is 1. The fraction of sp³-hybridized carbons (Fsp3) is 0.273. The van der Waals surface area contributed by atoms with Crippen molar-refractivity contribution in [3.8, 4) is 0 Å². The maximum absolute atomic E-state index is 11.3. The number of nitrogens with two attached hydrogens (primary N) is 1. The quantitative estimate of drug-likeness (QED) is 0.830. The van der Waals surface area contributed by atoms with Crippen LogP contribution in [0.15, 0.2) is 22.7 Å². The fourth-order valence-electron chi connectivity index (χ4n) is 1.33. The molecule has 2 N–H and O–H groups in total. The van der Waals surface area contributed by atoms with Crippen LogP contribution in [0.4, 0.5) is 0 Å². The van der Waals surface area contributed by atoms with Gasteiger partial charge in [0.1, 0.15) is 0 Å². The third kappa shape index (κ3) is 3.06. The van der Waals surface area contributed by atoms with Crippen molar-refractivity contribution in [2.24, 2.45) is 5.73 Å². The summed E-state index contributed by atoms with van der Waals surface area (Å²) in [7, 11) is 1.55. The molecular weight excluding hydrogens is 272 g/mol. The number of hydrogen-bond donors (Lipinski definition) is 1. The number of benzene rings is 1. The Morgan fingerprint density at radius 3 is 2.62 bits per heavy atom. The predicted molar refractivity (Wildman–Crippen MR) is 64.5 cm³/mol. The summed E-state index contributed by atoms with van der Waals surface area (Å²) in [6.45, 7) is 2.32. The van der Waals surface area contributed by atoms with Crippen molar-refractivity contribution in [2.75, 3.05) is 7.05 Å². The van der Waals surface area contributed by atoms with Gasteiger partial charge in [-0.1, -0.05) is 22.0 Å². The minimum atomic E-state index is -0.935. The molecule has 1 rings (SSSR count). The lowest BCUT2D eigenvalue weighted by atomic mass is 10.1. The Morgan fingerprint density at radius 2 is 2.06 bits per heavy atom. The Bertz CT molecular complexity index is 432. The molecule has 0 aliphatic rings. The molecular formula is C11H13BrN2O2. The maximum Gasteiger partial charge on any atom is 0.311 e. The van der Waals surface area contributed by atoms with Crippen molar-refractivity contribution in [1.29, 1.82) is 0 Å². The Hall–Kier alpha value is -1.36. The number of amides is 2. The lowest BCUT2D eigenvalue weighted by Crippen LogP contribution is -2.37. The summed E-state index contributed by atoms with van der Waals surface area (Å²) in [6, 6.07) is 5.79. The lowest BCUT2D eigenvalue weighted by Gasteiger charge is -2.16. The molecule has 0 saturated carbocycles. The minimum absolute atomic E-state index is 0.368. The van der Waals surface area contributed by atoms with Gasteiger partial charge in [0.05, 0.1) is 0 Å². The maximum atomic E-state index is 11.3. The van der Waals surface area contributed by atoms with Gasteiger partial charge < -0.3 is 10.6 Å². The Labute approximate surface area is 103 Å². The van der Waals surface area contributed by atoms with Crippen molar-refractivity contribution in [1.82, 2.24) is 4.90 Å². The second-order valence-corrected chi connectivity index (χ2v) is 4.51. The van der Waals surface area contributed by atoms with Gasteiger partial charge in [-0.15, -0.1) is 0 Å². The Balaban J connectivity index is 2.84. The van der Waals surface area contributed by atoms with Gasteiger partial charge in [-0.2, -0.15) is 0 Å². The third-order valence-electron chi connectivity index (χ3n) is 2.28. The SMILES string of the molecule is Cc1ccc(Br)cc1CN(C)C(=O)C(N)=O. The molecule has 4 nitrogen and oxygen atoms in total. The van der Waals surface area contributed by atoms with Crippen LogP contribution < -0.4 is 5.73 Å². The smallest absolute Gasteiger partial charge is 0.311 e. The van der Waals surface area contributed by atoms with E-state index in [-0.39, 0.29) is 0 Å². The van der Waals surface area contributed by atoms with Gasteiger partial charge >= 0.3 is 11.8 Å². The Kier molecular flexibility index (Phi) is 4.06. The molecule has 0 spiro atoms. The van der Waals surface area contributed by atoms with Crippen LogP contribution in [0.3, 0.4) is 0 Å². The van der Waals surface area contributed by atoms with Crippen LogP contribution in [0.2, 0.25) is 0 Å². The van der Waals surface area contributed by atoms with Gasteiger partial charge in [-0.25, -0.2) is 0 Å². The van der Waals surface area contributed by atoms with Crippen molar-refractivity contribution in [2.45, 2.75) is 13.5 Å². The highest BCUT2D eigenvalue weighted by Crippen LogP contribution is 2.17. The zero-order valence-electron chi connectivity index (χ0n) is 9.16. The van der Waals surface area contributed by atoms with Crippen LogP contribution in [-0.4, -0.2) is 23.8 Å². The normalized spacial score (nSPS) is 9.94. The van der Waals surface area contributed by atoms with Gasteiger partial charge in [0.2, 0.25) is 0 Å². The molecule has 86 valence electrons. The summed E-state index contributed by atoms with van der Waals surface area (Å²) in [5.74, 6) is -1.62. The average molecular weight is 285 g/mol. The molecule has 0 radical (unpaired) electrons. The molecule has 0 aromatic heterocycles. The van der Waals surface area contributed by atoms with Crippen LogP contribution in [0, 0.1) is 6.92 Å². The van der Waals surface area contributed by atoms with Gasteiger partial charge in [0, 0.05) is 18.1 Å². The first-order chi connectivity index (χ1) is 7.41. The second kappa shape index (κ2) is 5.12. The molecule has 16 heavy (non-hydrogen) atoms. The number of likely N-dealkylation sites (N-methyl/N-ethyl adjacent to an activating group) is 1. The molecule has 0 aliphatic carbocycles. The van der Waals surface area contributed by atoms with E-state index in [9.17, 15) is 9.59 Å². The van der Waals surface area contributed by atoms with Crippen LogP contribution in [0.5, 0.6) is 0 Å². The molecule has 0 saturated heterocycles. The molecule has 0 bridgehead atoms. The van der Waals surface area contributed by atoms with Gasteiger partial charge in [-0.05, 0) is 30.2 Å². The number of nitrogens with zero attached hydrogens (tertiary/aromatic N) is 1. The lowest BCUT2D eigenvalue weighted by molar-refractivity contribution is -0.143. The standard InChI is InChI=1S/C11H13BrN2O2/c1-7-3-4-9(12)5-8(7)6-14(2)11(16)10(13)15/h3-5H,6H2,1-2H3,(H2,13,15). The van der Waals surface area contributed by atoms with E-state index >= 15 is 0 Å². The highest BCUT2D eigenvalue weighted by molar-refractivity contribution is 9.10. The topological polar surface area (TPSA) is 63.4 Å². The monoisotopic (exact) mass is 284 g/mol. The van der Waals surface area contributed by atoms with Gasteiger partial charge in [0.15, 0.2) is 0 Å². The molecule has 1 aromatic rings. The molecule has 1 aromatic carbocycles. The van der Waals surface area contributed by atoms with Crippen molar-refractivity contribution < 1.29 is 9.59 Å². The molecule has 0 fully saturated rings. The summed E-state index contributed by atoms with van der Waals surface area (Å²) in [5, 5.41) is 0. The van der Waals surface area contributed by atoms with E-state index in [4.69, 9.17) is 5.73 Å². The predicted octanol–water partition coefficient (Wildman–Crippen LogP) is 1.20. The molecule has 0 heterocycles. The van der Waals surface area contributed by atoms with Gasteiger partial charge in [-0.3, -0.25) is 9.59 Å². The first kappa shape index (κ1) is 12.7. The van der Waals surface area contributed by atoms with E-state index in [1.165, 1.54) is 4.90 Å². The first-order valence-corrected chi connectivity index (χ1v) is 5.51. The highest BCUT2D eigenvalue weighted by Gasteiger charge is 2.15. The summed E-state index contributed by atoms with van der Waals surface area (Å²) in [5.41, 5.74) is 6.96. The van der Waals surface area contributed by atoms with Crippen molar-refractivity contribution in [3.63, 3.8) is 0 Å². The number of hydrogen-bond acceptors (Lipinski definition) is 2. The molecule has 0 aliphatic heterocycles. The summed E-state index contributed by atoms with van der Waals surface area (Å²) >= 11 is 3.36. The number of carbonyl (C=O) groups excluding carboxylic acids is 2. The highest BCUT2D eigenvalue weighted by atomic mass is 79.9. The largest absolute Gasteiger partial charge is 0.361 e. The van der Waals surface area contributed by atoms with Gasteiger partial charge in [0.25, 0.3) is 0 Å². The van der Waals surface area contributed by atoms with E-state index in [0.29, 0.717) is 6.54 Å². The fourth-order valence-corrected chi connectivity index (χ4v) is 1.73. The van der Waals surface area contributed by atoms with Crippen LogP contribution in [0.1, 0.15) is 11.1 Å². The zero-order valence-corrected chi connectivity index (χ0v) is 10.7. The van der Waals surface area contributed by atoms with E-state index in [2.05, 4.69) is 15.9 Å². The average Bonchev–Trinajstić information content (AvgIpc) is 2.22. The zero-order chi connectivity index (χ0) is 12.3. The number of primary amides is 1. The summed E-state index contributed by atoms with van der Waals surface area (Å²) < 4.78 is 0.938. The van der Waals surface area contributed by atoms with Crippen LogP contribution in [-0.2, 0) is 16.1 Å². The number of aryl methyl sites for hydroxylation is 1. The van der Waals surface area contributed by atoms with E-state index in [1.807, 2.05) is 25.1 Å². The van der Waals surface area contributed by atoms with E-state index < -0.39 is 11.8 Å². The molecule has 0 unspecified atom stereocenters. The third-order valence-corrected chi connectivity index (χ3v) is 2.77. The molecule has 0 atom stereocenters. The molecule has 2 amide bonds. The van der Waals surface area contributed by atoms with Crippen LogP contribution >= 0.6 is 15.9 Å². The summed E-state index contributed by atoms with van der Waals surface area (Å²) in [6.07, 6.45) is 0. The summed E-state index contributed by atoms with van der Waals surface area (Å²) in [4.78, 5) is 23.3. The first-order valence-electron chi connectivity index (χ1n) is 4.71. The minimum Gasteiger partial charge on any atom is -0.361 e. The van der Waals surface area contributed by atoms with Crippen molar-refractivity contribution in [3.05, 3.63) is 33.8 Å². The van der Waals surface area contributed by atoms with E-state index in [0.717, 1.165) is 15.6 Å². The van der Waals surface area contributed by atoms with Crippen LogP contribution in [0.25, 0.3) is 0 Å². The van der Waals surface area contributed by atoms with Crippen molar-refractivity contribution >= 4 is 27.7 Å². The Morgan fingerprint density at radius 1 is 1.44 bits per heavy atom. The second-order valence-electron chi connectivity index (χ2n) is 3.60.